The summed E-state index contributed by atoms with van der Waals surface area (Å²) in [5.74, 6) is -4.00. The third-order valence-electron chi connectivity index (χ3n) is 3.30. The Morgan fingerprint density at radius 2 is 1.53 bits per heavy atom. The van der Waals surface area contributed by atoms with E-state index in [9.17, 15) is 9.90 Å². The first-order valence-electron chi connectivity index (χ1n) is 5.97. The first-order valence-corrected chi connectivity index (χ1v) is 5.97. The number of allylic oxidation sites excluding steroid dienone is 1. The van der Waals surface area contributed by atoms with E-state index < -0.39 is 23.0 Å². The van der Waals surface area contributed by atoms with Crippen molar-refractivity contribution in [3.8, 4) is 0 Å². The number of cyclic esters (lactones) is 1. The second-order valence-electron chi connectivity index (χ2n) is 5.72. The highest BCUT2D eigenvalue weighted by Crippen LogP contribution is 2.40. The van der Waals surface area contributed by atoms with Crippen LogP contribution in [0.3, 0.4) is 0 Å². The van der Waals surface area contributed by atoms with Crippen LogP contribution in [-0.2, 0) is 23.7 Å². The SMILES string of the molecule is CO[C@@]1(C)OC(=O)/C(=C(\O)C(C)(C)C)O[C@]1(C)OC. The number of ether oxygens (including phenoxy) is 4. The zero-order chi connectivity index (χ0) is 15.1. The topological polar surface area (TPSA) is 74.2 Å². The number of rotatable bonds is 2. The number of hydrogen-bond acceptors (Lipinski definition) is 6. The molecule has 110 valence electrons. The molecule has 1 aliphatic heterocycles. The molecule has 0 amide bonds. The van der Waals surface area contributed by atoms with Gasteiger partial charge in [-0.15, -0.1) is 0 Å². The predicted octanol–water partition coefficient (Wildman–Crippen LogP) is 2.10. The Bertz CT molecular complexity index is 408. The first kappa shape index (κ1) is 15.8. The van der Waals surface area contributed by atoms with Gasteiger partial charge in [0.05, 0.1) is 0 Å². The number of aliphatic hydroxyl groups excluding tert-OH is 1. The first-order chi connectivity index (χ1) is 8.50. The molecule has 0 bridgehead atoms. The minimum absolute atomic E-state index is 0.195. The summed E-state index contributed by atoms with van der Waals surface area (Å²) >= 11 is 0. The van der Waals surface area contributed by atoms with E-state index in [1.807, 2.05) is 0 Å². The van der Waals surface area contributed by atoms with Crippen molar-refractivity contribution < 1.29 is 28.8 Å². The van der Waals surface area contributed by atoms with Crippen LogP contribution in [0.2, 0.25) is 0 Å². The minimum Gasteiger partial charge on any atom is -0.508 e. The van der Waals surface area contributed by atoms with Gasteiger partial charge in [0, 0.05) is 33.5 Å². The number of esters is 1. The van der Waals surface area contributed by atoms with Gasteiger partial charge in [-0.2, -0.15) is 0 Å². The Hall–Kier alpha value is -1.27. The van der Waals surface area contributed by atoms with E-state index in [2.05, 4.69) is 0 Å². The molecule has 0 aromatic carbocycles. The fourth-order valence-corrected chi connectivity index (χ4v) is 1.58. The summed E-state index contributed by atoms with van der Waals surface area (Å²) in [5.41, 5.74) is -0.649. The van der Waals surface area contributed by atoms with E-state index in [-0.39, 0.29) is 11.5 Å². The largest absolute Gasteiger partial charge is 0.508 e. The zero-order valence-electron chi connectivity index (χ0n) is 12.5. The van der Waals surface area contributed by atoms with Crippen LogP contribution in [0.15, 0.2) is 11.5 Å². The lowest BCUT2D eigenvalue weighted by molar-refractivity contribution is -0.380. The van der Waals surface area contributed by atoms with E-state index >= 15 is 0 Å². The summed E-state index contributed by atoms with van der Waals surface area (Å²) in [5, 5.41) is 10.1. The summed E-state index contributed by atoms with van der Waals surface area (Å²) in [6, 6.07) is 0. The minimum atomic E-state index is -1.40. The second-order valence-corrected chi connectivity index (χ2v) is 5.72. The third kappa shape index (κ3) is 2.55. The molecule has 1 saturated heterocycles. The maximum Gasteiger partial charge on any atom is 0.380 e. The fraction of sp³-hybridized carbons (Fsp3) is 0.769. The van der Waals surface area contributed by atoms with Gasteiger partial charge in [0.1, 0.15) is 5.76 Å². The Morgan fingerprint density at radius 1 is 1.11 bits per heavy atom. The molecule has 1 heterocycles. The lowest BCUT2D eigenvalue weighted by Crippen LogP contribution is -2.61. The van der Waals surface area contributed by atoms with Gasteiger partial charge in [-0.3, -0.25) is 0 Å². The molecule has 0 aliphatic carbocycles. The summed E-state index contributed by atoms with van der Waals surface area (Å²) < 4.78 is 21.2. The van der Waals surface area contributed by atoms with Gasteiger partial charge in [-0.25, -0.2) is 4.79 Å². The van der Waals surface area contributed by atoms with Crippen molar-refractivity contribution in [1.29, 1.82) is 0 Å². The summed E-state index contributed by atoms with van der Waals surface area (Å²) in [4.78, 5) is 12.0. The summed E-state index contributed by atoms with van der Waals surface area (Å²) in [6.45, 7) is 8.35. The average Bonchev–Trinajstić information content (AvgIpc) is 2.31. The Balaban J connectivity index is 3.29. The van der Waals surface area contributed by atoms with Gasteiger partial charge < -0.3 is 24.1 Å². The summed E-state index contributed by atoms with van der Waals surface area (Å²) in [7, 11) is 2.79. The predicted molar refractivity (Wildman–Crippen MR) is 67.1 cm³/mol. The van der Waals surface area contributed by atoms with Gasteiger partial charge in [0.15, 0.2) is 0 Å². The lowest BCUT2D eigenvalue weighted by Gasteiger charge is -2.46. The third-order valence-corrected chi connectivity index (χ3v) is 3.30. The molecule has 0 spiro atoms. The molecule has 2 atom stereocenters. The van der Waals surface area contributed by atoms with Crippen LogP contribution in [0.4, 0.5) is 0 Å². The molecule has 0 aromatic heterocycles. The molecule has 0 unspecified atom stereocenters. The second kappa shape index (κ2) is 4.68. The molecule has 19 heavy (non-hydrogen) atoms. The van der Waals surface area contributed by atoms with Crippen molar-refractivity contribution in [3.63, 3.8) is 0 Å². The van der Waals surface area contributed by atoms with Crippen molar-refractivity contribution in [1.82, 2.24) is 0 Å². The van der Waals surface area contributed by atoms with E-state index in [1.54, 1.807) is 27.7 Å². The smallest absolute Gasteiger partial charge is 0.380 e. The van der Waals surface area contributed by atoms with E-state index in [0.717, 1.165) is 0 Å². The highest BCUT2D eigenvalue weighted by molar-refractivity contribution is 5.88. The van der Waals surface area contributed by atoms with Crippen molar-refractivity contribution in [2.45, 2.75) is 46.2 Å². The van der Waals surface area contributed by atoms with E-state index in [0.29, 0.717) is 0 Å². The molecule has 1 aliphatic rings. The van der Waals surface area contributed by atoms with Crippen LogP contribution in [0.25, 0.3) is 0 Å². The molecule has 0 saturated carbocycles. The molecule has 1 rings (SSSR count). The number of carbonyl (C=O) groups is 1. The van der Waals surface area contributed by atoms with Crippen LogP contribution >= 0.6 is 0 Å². The molecule has 6 heteroatoms. The zero-order valence-corrected chi connectivity index (χ0v) is 12.5. The number of methoxy groups -OCH3 is 2. The molecule has 1 fully saturated rings. The van der Waals surface area contributed by atoms with Gasteiger partial charge in [-0.1, -0.05) is 20.8 Å². The maximum atomic E-state index is 12.0. The fourth-order valence-electron chi connectivity index (χ4n) is 1.58. The highest BCUT2D eigenvalue weighted by atomic mass is 16.8. The Labute approximate surface area is 113 Å². The van der Waals surface area contributed by atoms with Crippen LogP contribution in [0.1, 0.15) is 34.6 Å². The van der Waals surface area contributed by atoms with Gasteiger partial charge in [-0.05, 0) is 0 Å². The highest BCUT2D eigenvalue weighted by Gasteiger charge is 2.58. The Kier molecular flexibility index (Phi) is 3.89. The van der Waals surface area contributed by atoms with Crippen molar-refractivity contribution in [2.75, 3.05) is 14.2 Å². The molecular weight excluding hydrogens is 252 g/mol. The lowest BCUT2D eigenvalue weighted by atomic mass is 9.92. The normalized spacial score (nSPS) is 34.6. The van der Waals surface area contributed by atoms with Gasteiger partial charge >= 0.3 is 5.97 Å². The van der Waals surface area contributed by atoms with Crippen LogP contribution in [0, 0.1) is 5.41 Å². The number of aliphatic hydroxyl groups is 1. The summed E-state index contributed by atoms with van der Waals surface area (Å²) in [6.07, 6.45) is 0. The molecule has 0 aromatic rings. The monoisotopic (exact) mass is 274 g/mol. The molecule has 0 radical (unpaired) electrons. The quantitative estimate of drug-likeness (QED) is 0.472. The molecular formula is C13H22O6. The van der Waals surface area contributed by atoms with Gasteiger partial charge in [0.2, 0.25) is 5.76 Å². The van der Waals surface area contributed by atoms with Crippen LogP contribution in [0.5, 0.6) is 0 Å². The number of carbonyl (C=O) groups excluding carboxylic acids is 1. The average molecular weight is 274 g/mol. The van der Waals surface area contributed by atoms with E-state index in [1.165, 1.54) is 21.1 Å². The van der Waals surface area contributed by atoms with Crippen LogP contribution < -0.4 is 0 Å². The molecule has 1 N–H and O–H groups in total. The van der Waals surface area contributed by atoms with E-state index in [4.69, 9.17) is 18.9 Å². The molecule has 6 nitrogen and oxygen atoms in total. The van der Waals surface area contributed by atoms with Gasteiger partial charge in [0.25, 0.3) is 11.6 Å². The van der Waals surface area contributed by atoms with Crippen molar-refractivity contribution >= 4 is 5.97 Å². The number of hydrogen-bond donors (Lipinski definition) is 1. The van der Waals surface area contributed by atoms with Crippen molar-refractivity contribution in [2.24, 2.45) is 5.41 Å². The van der Waals surface area contributed by atoms with Crippen LogP contribution in [-0.4, -0.2) is 36.9 Å². The maximum absolute atomic E-state index is 12.0. The van der Waals surface area contributed by atoms with Crippen molar-refractivity contribution in [3.05, 3.63) is 11.5 Å². The Morgan fingerprint density at radius 3 is 1.89 bits per heavy atom. The standard InChI is InChI=1S/C13H22O6/c1-11(2,3)9(14)8-10(15)19-13(5,17-7)12(4,16-6)18-8/h14H,1-7H3/b9-8+/t12-,13-/m0/s1.